The normalized spacial score (nSPS) is 24.2. The number of fused-ring (bicyclic) bond motifs is 4. The summed E-state index contributed by atoms with van der Waals surface area (Å²) in [6.07, 6.45) is 2.00. The van der Waals surface area contributed by atoms with Gasteiger partial charge in [0.2, 0.25) is 5.91 Å². The van der Waals surface area contributed by atoms with Gasteiger partial charge in [0.15, 0.2) is 0 Å². The fraction of sp³-hybridized carbons (Fsp3) is 0.464. The summed E-state index contributed by atoms with van der Waals surface area (Å²) in [6, 6.07) is 16.1. The van der Waals surface area contributed by atoms with Crippen molar-refractivity contribution < 1.29 is 24.2 Å². The second-order valence-electron chi connectivity index (χ2n) is 10.2. The molecule has 3 unspecified atom stereocenters. The van der Waals surface area contributed by atoms with Crippen LogP contribution in [0.25, 0.3) is 11.1 Å². The minimum atomic E-state index is -1.11. The fourth-order valence-electron chi connectivity index (χ4n) is 6.22. The summed E-state index contributed by atoms with van der Waals surface area (Å²) in [5, 5.41) is 15.4. The Morgan fingerprint density at radius 1 is 1.00 bits per heavy atom. The molecule has 0 aliphatic heterocycles. The van der Waals surface area contributed by atoms with Crippen molar-refractivity contribution in [2.45, 2.75) is 63.5 Å². The van der Waals surface area contributed by atoms with Gasteiger partial charge in [0, 0.05) is 12.0 Å². The number of nitrogens with one attached hydrogen (secondary N) is 2. The largest absolute Gasteiger partial charge is 0.481 e. The Labute approximate surface area is 205 Å². The van der Waals surface area contributed by atoms with Crippen molar-refractivity contribution in [3.63, 3.8) is 0 Å². The molecule has 3 atom stereocenters. The number of carbonyl (C=O) groups excluding carboxylic acids is 2. The molecule has 3 aliphatic carbocycles. The maximum Gasteiger partial charge on any atom is 0.408 e. The molecule has 0 heterocycles. The van der Waals surface area contributed by atoms with Crippen molar-refractivity contribution in [1.29, 1.82) is 0 Å². The molecule has 0 aromatic heterocycles. The fourth-order valence-corrected chi connectivity index (χ4v) is 6.22. The lowest BCUT2D eigenvalue weighted by Crippen LogP contribution is -2.59. The number of ether oxygens (including phenoxy) is 1. The standard InChI is InChI=1S/C28H32N2O5/c1-3-28(4-2,24(31)29-18-13-17-14-27(17,15-18)25(32)33)30-26(34)35-16-23-21-11-7-5-9-19(21)20-10-6-8-12-22(20)23/h5-12,17-18,23H,3-4,13-16H2,1-2H3,(H,29,31)(H,30,34)(H,32,33). The highest BCUT2D eigenvalue weighted by atomic mass is 16.5. The highest BCUT2D eigenvalue weighted by Crippen LogP contribution is 2.63. The van der Waals surface area contributed by atoms with E-state index in [4.69, 9.17) is 4.74 Å². The molecule has 35 heavy (non-hydrogen) atoms. The zero-order chi connectivity index (χ0) is 24.8. The van der Waals surface area contributed by atoms with Crippen molar-refractivity contribution in [3.8, 4) is 11.1 Å². The van der Waals surface area contributed by atoms with E-state index in [1.54, 1.807) is 0 Å². The van der Waals surface area contributed by atoms with Crippen LogP contribution in [0.3, 0.4) is 0 Å². The molecule has 3 N–H and O–H groups in total. The maximum atomic E-state index is 13.3. The summed E-state index contributed by atoms with van der Waals surface area (Å²) in [4.78, 5) is 37.8. The van der Waals surface area contributed by atoms with Crippen LogP contribution in [0.2, 0.25) is 0 Å². The Morgan fingerprint density at radius 3 is 2.14 bits per heavy atom. The topological polar surface area (TPSA) is 105 Å². The summed E-state index contributed by atoms with van der Waals surface area (Å²) < 4.78 is 5.68. The van der Waals surface area contributed by atoms with Crippen LogP contribution in [0.5, 0.6) is 0 Å². The van der Waals surface area contributed by atoms with E-state index in [9.17, 15) is 19.5 Å². The van der Waals surface area contributed by atoms with E-state index in [1.807, 2.05) is 38.1 Å². The van der Waals surface area contributed by atoms with E-state index >= 15 is 0 Å². The molecule has 0 saturated heterocycles. The molecule has 7 nitrogen and oxygen atoms in total. The number of amides is 2. The number of hydrogen-bond donors (Lipinski definition) is 3. The van der Waals surface area contributed by atoms with Gasteiger partial charge in [-0.05, 0) is 60.3 Å². The number of hydrogen-bond acceptors (Lipinski definition) is 4. The average Bonchev–Trinajstić information content (AvgIpc) is 3.29. The van der Waals surface area contributed by atoms with Gasteiger partial charge < -0.3 is 20.5 Å². The molecule has 2 aromatic rings. The number of carboxylic acid groups (broad SMARTS) is 1. The lowest BCUT2D eigenvalue weighted by atomic mass is 9.91. The molecule has 2 aromatic carbocycles. The van der Waals surface area contributed by atoms with E-state index in [1.165, 1.54) is 0 Å². The molecular weight excluding hydrogens is 444 g/mol. The number of benzene rings is 2. The van der Waals surface area contributed by atoms with Crippen molar-refractivity contribution in [2.75, 3.05) is 6.61 Å². The molecule has 7 heteroatoms. The third kappa shape index (κ3) is 3.87. The molecule has 0 bridgehead atoms. The first-order valence-corrected chi connectivity index (χ1v) is 12.5. The summed E-state index contributed by atoms with van der Waals surface area (Å²) in [6.45, 7) is 3.89. The van der Waals surface area contributed by atoms with E-state index in [2.05, 4.69) is 34.9 Å². The summed E-state index contributed by atoms with van der Waals surface area (Å²) >= 11 is 0. The number of carboxylic acids is 1. The van der Waals surface area contributed by atoms with Gasteiger partial charge in [-0.1, -0.05) is 62.4 Å². The Morgan fingerprint density at radius 2 is 1.60 bits per heavy atom. The van der Waals surface area contributed by atoms with Crippen LogP contribution in [0, 0.1) is 11.3 Å². The molecule has 2 fully saturated rings. The summed E-state index contributed by atoms with van der Waals surface area (Å²) in [7, 11) is 0. The molecule has 2 amide bonds. The molecule has 3 aliphatic rings. The molecule has 0 radical (unpaired) electrons. The Bertz CT molecular complexity index is 1130. The second kappa shape index (κ2) is 8.70. The van der Waals surface area contributed by atoms with Gasteiger partial charge in [-0.25, -0.2) is 4.79 Å². The smallest absolute Gasteiger partial charge is 0.408 e. The minimum Gasteiger partial charge on any atom is -0.481 e. The molecule has 5 rings (SSSR count). The van der Waals surface area contributed by atoms with Crippen LogP contribution < -0.4 is 10.6 Å². The molecular formula is C28H32N2O5. The van der Waals surface area contributed by atoms with Crippen LogP contribution in [0.4, 0.5) is 4.79 Å². The zero-order valence-electron chi connectivity index (χ0n) is 20.2. The first kappa shape index (κ1) is 23.4. The zero-order valence-corrected chi connectivity index (χ0v) is 20.2. The average molecular weight is 477 g/mol. The molecule has 184 valence electrons. The lowest BCUT2D eigenvalue weighted by molar-refractivity contribution is -0.144. The number of rotatable bonds is 8. The van der Waals surface area contributed by atoms with Crippen LogP contribution >= 0.6 is 0 Å². The second-order valence-corrected chi connectivity index (χ2v) is 10.2. The van der Waals surface area contributed by atoms with Crippen LogP contribution in [0.1, 0.15) is 63.0 Å². The third-order valence-corrected chi connectivity index (χ3v) is 8.50. The minimum absolute atomic E-state index is 0.0583. The number of alkyl carbamates (subject to hydrolysis) is 1. The quantitative estimate of drug-likeness (QED) is 0.522. The maximum absolute atomic E-state index is 13.3. The Kier molecular flexibility index (Phi) is 5.82. The van der Waals surface area contributed by atoms with Gasteiger partial charge in [-0.15, -0.1) is 0 Å². The predicted octanol–water partition coefficient (Wildman–Crippen LogP) is 4.45. The van der Waals surface area contributed by atoms with Crippen LogP contribution in [-0.4, -0.2) is 41.3 Å². The molecule has 2 saturated carbocycles. The summed E-state index contributed by atoms with van der Waals surface area (Å²) in [5.41, 5.74) is 2.79. The summed E-state index contributed by atoms with van der Waals surface area (Å²) in [5.74, 6) is -0.966. The van der Waals surface area contributed by atoms with Crippen molar-refractivity contribution >= 4 is 18.0 Å². The van der Waals surface area contributed by atoms with Gasteiger partial charge in [0.1, 0.15) is 12.1 Å². The van der Waals surface area contributed by atoms with E-state index in [-0.39, 0.29) is 30.4 Å². The van der Waals surface area contributed by atoms with Crippen molar-refractivity contribution in [2.24, 2.45) is 11.3 Å². The highest BCUT2D eigenvalue weighted by molar-refractivity contribution is 5.90. The first-order chi connectivity index (χ1) is 16.8. The monoisotopic (exact) mass is 476 g/mol. The van der Waals surface area contributed by atoms with E-state index in [0.717, 1.165) is 22.3 Å². The van der Waals surface area contributed by atoms with Gasteiger partial charge in [0.25, 0.3) is 0 Å². The van der Waals surface area contributed by atoms with Gasteiger partial charge in [-0.3, -0.25) is 9.59 Å². The van der Waals surface area contributed by atoms with Gasteiger partial charge in [0.05, 0.1) is 5.41 Å². The predicted molar refractivity (Wildman–Crippen MR) is 131 cm³/mol. The van der Waals surface area contributed by atoms with Crippen LogP contribution in [0.15, 0.2) is 48.5 Å². The number of carbonyl (C=O) groups is 3. The lowest BCUT2D eigenvalue weighted by Gasteiger charge is -2.32. The van der Waals surface area contributed by atoms with Crippen molar-refractivity contribution in [3.05, 3.63) is 59.7 Å². The highest BCUT2D eigenvalue weighted by Gasteiger charge is 2.65. The van der Waals surface area contributed by atoms with E-state index < -0.39 is 23.0 Å². The SMILES string of the molecule is CCC(CC)(NC(=O)OCC1c2ccccc2-c2ccccc21)C(=O)NC1CC2CC2(C(=O)O)C1. The number of aliphatic carboxylic acids is 1. The van der Waals surface area contributed by atoms with E-state index in [0.29, 0.717) is 32.1 Å². The molecule has 0 spiro atoms. The Balaban J connectivity index is 1.23. The van der Waals surface area contributed by atoms with Crippen LogP contribution in [-0.2, 0) is 14.3 Å². The third-order valence-electron chi connectivity index (χ3n) is 8.50. The van der Waals surface area contributed by atoms with Gasteiger partial charge >= 0.3 is 12.1 Å². The van der Waals surface area contributed by atoms with Crippen molar-refractivity contribution in [1.82, 2.24) is 10.6 Å². The Hall–Kier alpha value is -3.35. The van der Waals surface area contributed by atoms with Gasteiger partial charge in [-0.2, -0.15) is 0 Å². The first-order valence-electron chi connectivity index (χ1n) is 12.5.